The molecule has 0 saturated carbocycles. The number of furan rings is 1. The minimum Gasteiger partial charge on any atom is -0.455 e. The number of nitrogens with zero attached hydrogens (tertiary/aromatic N) is 2. The van der Waals surface area contributed by atoms with E-state index in [9.17, 15) is 0 Å². The van der Waals surface area contributed by atoms with Gasteiger partial charge in [-0.25, -0.2) is 0 Å². The zero-order valence-electron chi connectivity index (χ0n) is 33.4. The fourth-order valence-electron chi connectivity index (χ4n) is 10.3. The van der Waals surface area contributed by atoms with Gasteiger partial charge in [0, 0.05) is 38.0 Å². The number of allylic oxidation sites excluding steroid dienone is 1. The summed E-state index contributed by atoms with van der Waals surface area (Å²) in [6, 6.07) is 62.1. The van der Waals surface area contributed by atoms with Crippen LogP contribution in [-0.4, -0.2) is 9.13 Å². The number of benzene rings is 10. The molecule has 3 heterocycles. The molecule has 3 aromatic heterocycles. The molecule has 0 unspecified atom stereocenters. The van der Waals surface area contributed by atoms with E-state index in [1.54, 1.807) is 0 Å². The predicted molar refractivity (Wildman–Crippen MR) is 261 cm³/mol. The van der Waals surface area contributed by atoms with Crippen LogP contribution < -0.4 is 5.32 Å². The molecular formula is C57H37N3O. The third-order valence-electron chi connectivity index (χ3n) is 12.9. The Morgan fingerprint density at radius 3 is 1.46 bits per heavy atom. The van der Waals surface area contributed by atoms with E-state index in [0.717, 1.165) is 88.2 Å². The summed E-state index contributed by atoms with van der Waals surface area (Å²) in [7, 11) is 0. The molecule has 13 rings (SSSR count). The maximum absolute atomic E-state index is 7.42. The lowest BCUT2D eigenvalue weighted by Crippen LogP contribution is -1.96. The molecule has 0 aliphatic rings. The van der Waals surface area contributed by atoms with Gasteiger partial charge in [0.15, 0.2) is 0 Å². The first-order chi connectivity index (χ1) is 30.2. The highest BCUT2D eigenvalue weighted by Crippen LogP contribution is 2.47. The second kappa shape index (κ2) is 12.7. The van der Waals surface area contributed by atoms with Crippen molar-refractivity contribution >= 4 is 120 Å². The van der Waals surface area contributed by atoms with Crippen molar-refractivity contribution in [2.24, 2.45) is 0 Å². The average molecular weight is 780 g/mol. The number of rotatable bonds is 5. The molecule has 10 aromatic carbocycles. The average Bonchev–Trinajstić information content (AvgIpc) is 3.97. The van der Waals surface area contributed by atoms with Crippen LogP contribution in [0, 0.1) is 0 Å². The van der Waals surface area contributed by atoms with Crippen LogP contribution >= 0.6 is 0 Å². The van der Waals surface area contributed by atoms with Crippen molar-refractivity contribution in [1.29, 1.82) is 0 Å². The lowest BCUT2D eigenvalue weighted by atomic mass is 10.00. The summed E-state index contributed by atoms with van der Waals surface area (Å²) in [5, 5.41) is 19.9. The molecule has 61 heavy (non-hydrogen) atoms. The van der Waals surface area contributed by atoms with Gasteiger partial charge in [-0.3, -0.25) is 0 Å². The molecule has 0 atom stereocenters. The van der Waals surface area contributed by atoms with Crippen molar-refractivity contribution in [3.05, 3.63) is 194 Å². The lowest BCUT2D eigenvalue weighted by Gasteiger charge is -2.14. The minimum absolute atomic E-state index is 0.883. The van der Waals surface area contributed by atoms with Crippen LogP contribution in [-0.2, 0) is 0 Å². The molecule has 0 fully saturated rings. The second-order valence-electron chi connectivity index (χ2n) is 16.1. The van der Waals surface area contributed by atoms with Gasteiger partial charge >= 0.3 is 0 Å². The number of nitrogens with one attached hydrogen (secondary N) is 1. The minimum atomic E-state index is 0.883. The fraction of sp³-hybridized carbons (Fsp3) is 0.0175. The molecule has 1 N–H and O–H groups in total. The number of hydrogen-bond acceptors (Lipinski definition) is 2. The van der Waals surface area contributed by atoms with Gasteiger partial charge in [0.2, 0.25) is 0 Å². The molecule has 0 aliphatic heterocycles. The molecule has 0 saturated heterocycles. The summed E-state index contributed by atoms with van der Waals surface area (Å²) in [6.45, 7) is 6.19. The summed E-state index contributed by atoms with van der Waals surface area (Å²) in [5.41, 5.74) is 10.6. The van der Waals surface area contributed by atoms with Gasteiger partial charge in [0.25, 0.3) is 0 Å². The first-order valence-corrected chi connectivity index (χ1v) is 20.9. The highest BCUT2D eigenvalue weighted by molar-refractivity contribution is 6.30. The molecule has 0 bridgehead atoms. The third kappa shape index (κ3) is 4.70. The Morgan fingerprint density at radius 2 is 0.918 bits per heavy atom. The van der Waals surface area contributed by atoms with Crippen molar-refractivity contribution in [1.82, 2.24) is 9.13 Å². The Morgan fingerprint density at radius 1 is 0.443 bits per heavy atom. The molecule has 13 aromatic rings. The first-order valence-electron chi connectivity index (χ1n) is 20.9. The monoisotopic (exact) mass is 779 g/mol. The number of fused-ring (bicyclic) bond motifs is 17. The maximum Gasteiger partial charge on any atom is 0.145 e. The number of aromatic nitrogens is 2. The highest BCUT2D eigenvalue weighted by Gasteiger charge is 2.24. The van der Waals surface area contributed by atoms with Crippen molar-refractivity contribution in [3.8, 4) is 11.4 Å². The van der Waals surface area contributed by atoms with Crippen LogP contribution in [0.2, 0.25) is 0 Å². The predicted octanol–water partition coefficient (Wildman–Crippen LogP) is 16.0. The Balaban J connectivity index is 1.17. The van der Waals surface area contributed by atoms with Gasteiger partial charge in [-0.1, -0.05) is 122 Å². The molecule has 0 radical (unpaired) electrons. The Hall–Kier alpha value is -8.08. The molecule has 4 nitrogen and oxygen atoms in total. The Bertz CT molecular complexity index is 4060. The largest absolute Gasteiger partial charge is 0.455 e. The van der Waals surface area contributed by atoms with E-state index in [2.05, 4.69) is 191 Å². The van der Waals surface area contributed by atoms with Gasteiger partial charge < -0.3 is 18.9 Å². The normalized spacial score (nSPS) is 12.3. The topological polar surface area (TPSA) is 35.0 Å². The zero-order valence-corrected chi connectivity index (χ0v) is 33.4. The lowest BCUT2D eigenvalue weighted by molar-refractivity contribution is 0.677. The molecule has 0 aliphatic carbocycles. The first kappa shape index (κ1) is 33.8. The standard InChI is InChI=1S/C57H37N3O/c1-3-29-58-37-22-26-49-47(33-37)55-51(60(49)53-32-36-14-6-8-16-39(36)41-18-10-12-20-43(41)53)28-24-45-44-23-27-50-54(56(44)61-57(45)55)46-30-34(4-2)21-25-48(46)59(50)52-31-35-13-5-7-15-38(35)40-17-9-11-19-42(40)52/h3-33,58H,2H2,1H3/b29-3+. The van der Waals surface area contributed by atoms with Gasteiger partial charge in [-0.15, -0.1) is 0 Å². The van der Waals surface area contributed by atoms with E-state index < -0.39 is 0 Å². The third-order valence-corrected chi connectivity index (χ3v) is 12.9. The van der Waals surface area contributed by atoms with Crippen molar-refractivity contribution in [2.75, 3.05) is 5.32 Å². The number of hydrogen-bond donors (Lipinski definition) is 1. The maximum atomic E-state index is 7.42. The van der Waals surface area contributed by atoms with E-state index in [-0.39, 0.29) is 0 Å². The van der Waals surface area contributed by atoms with Gasteiger partial charge in [-0.2, -0.15) is 0 Å². The van der Waals surface area contributed by atoms with Crippen LogP contribution in [0.3, 0.4) is 0 Å². The summed E-state index contributed by atoms with van der Waals surface area (Å²) in [6.07, 6.45) is 5.93. The SMILES string of the molecule is C=Cc1ccc2c(c1)c1c3oc4c(ccc5c4c4cc(N/C=C/C)ccc4n5-c4cc5ccccc5c5ccccc45)c3ccc1n2-c1cc2ccccc2c2ccccc12. The summed E-state index contributed by atoms with van der Waals surface area (Å²) in [5.74, 6) is 0. The van der Waals surface area contributed by atoms with Crippen LogP contribution in [0.4, 0.5) is 5.69 Å². The van der Waals surface area contributed by atoms with Crippen molar-refractivity contribution in [3.63, 3.8) is 0 Å². The van der Waals surface area contributed by atoms with Crippen LogP contribution in [0.15, 0.2) is 193 Å². The van der Waals surface area contributed by atoms with Crippen molar-refractivity contribution < 1.29 is 4.42 Å². The summed E-state index contributed by atoms with van der Waals surface area (Å²) >= 11 is 0. The number of anilines is 1. The Kier molecular flexibility index (Phi) is 7.05. The Labute approximate surface area is 350 Å². The van der Waals surface area contributed by atoms with E-state index in [1.807, 2.05) is 25.3 Å². The molecule has 0 amide bonds. The van der Waals surface area contributed by atoms with Gasteiger partial charge in [0.1, 0.15) is 11.2 Å². The fourth-order valence-corrected chi connectivity index (χ4v) is 10.3. The highest BCUT2D eigenvalue weighted by atomic mass is 16.3. The summed E-state index contributed by atoms with van der Waals surface area (Å²) in [4.78, 5) is 0. The second-order valence-corrected chi connectivity index (χ2v) is 16.1. The van der Waals surface area contributed by atoms with Crippen LogP contribution in [0.25, 0.3) is 126 Å². The van der Waals surface area contributed by atoms with Crippen LogP contribution in [0.5, 0.6) is 0 Å². The molecular weight excluding hydrogens is 743 g/mol. The van der Waals surface area contributed by atoms with E-state index in [4.69, 9.17) is 4.42 Å². The molecule has 4 heteroatoms. The molecule has 0 spiro atoms. The van der Waals surface area contributed by atoms with E-state index >= 15 is 0 Å². The van der Waals surface area contributed by atoms with Crippen molar-refractivity contribution in [2.45, 2.75) is 6.92 Å². The quantitative estimate of drug-likeness (QED) is 0.177. The van der Waals surface area contributed by atoms with Gasteiger partial charge in [-0.05, 0) is 118 Å². The smallest absolute Gasteiger partial charge is 0.145 e. The van der Waals surface area contributed by atoms with Crippen LogP contribution in [0.1, 0.15) is 12.5 Å². The summed E-state index contributed by atoms with van der Waals surface area (Å²) < 4.78 is 12.3. The zero-order chi connectivity index (χ0) is 40.3. The molecule has 286 valence electrons. The van der Waals surface area contributed by atoms with Gasteiger partial charge in [0.05, 0.1) is 44.2 Å². The van der Waals surface area contributed by atoms with E-state index in [0.29, 0.717) is 0 Å². The van der Waals surface area contributed by atoms with E-state index in [1.165, 1.54) is 43.1 Å².